The van der Waals surface area contributed by atoms with Crippen LogP contribution in [-0.4, -0.2) is 12.0 Å². The highest BCUT2D eigenvalue weighted by atomic mass is 16.5. The van der Waals surface area contributed by atoms with Crippen LogP contribution in [-0.2, 0) is 4.79 Å². The first kappa shape index (κ1) is 16.1. The van der Waals surface area contributed by atoms with Gasteiger partial charge in [-0.05, 0) is 53.9 Å². The van der Waals surface area contributed by atoms with E-state index in [1.165, 1.54) is 0 Å². The Balaban J connectivity index is 1.74. The molecule has 0 saturated heterocycles. The van der Waals surface area contributed by atoms with Crippen molar-refractivity contribution >= 4 is 22.4 Å². The Labute approximate surface area is 142 Å². The molecule has 122 valence electrons. The van der Waals surface area contributed by atoms with Crippen LogP contribution < -0.4 is 10.1 Å². The molecule has 3 heteroatoms. The van der Waals surface area contributed by atoms with Crippen molar-refractivity contribution in [1.29, 1.82) is 0 Å². The average molecular weight is 319 g/mol. The Bertz CT molecular complexity index is 857. The molecule has 0 unspecified atom stereocenters. The van der Waals surface area contributed by atoms with E-state index >= 15 is 0 Å². The monoisotopic (exact) mass is 319 g/mol. The number of hydrogen-bond donors (Lipinski definition) is 1. The molecule has 0 saturated carbocycles. The molecule has 0 aromatic heterocycles. The first-order chi connectivity index (χ1) is 11.7. The summed E-state index contributed by atoms with van der Waals surface area (Å²) in [4.78, 5) is 12.5. The Morgan fingerprint density at radius 2 is 1.79 bits per heavy atom. The van der Waals surface area contributed by atoms with Crippen LogP contribution >= 0.6 is 0 Å². The third-order valence-electron chi connectivity index (χ3n) is 3.95. The molecular formula is C21H21NO2. The molecule has 0 bridgehead atoms. The molecule has 1 N–H and O–H groups in total. The largest absolute Gasteiger partial charge is 0.481 e. The van der Waals surface area contributed by atoms with Crippen LogP contribution in [0.3, 0.4) is 0 Å². The normalized spacial score (nSPS) is 11.9. The lowest BCUT2D eigenvalue weighted by Crippen LogP contribution is -2.32. The van der Waals surface area contributed by atoms with Gasteiger partial charge in [-0.15, -0.1) is 0 Å². The van der Waals surface area contributed by atoms with E-state index in [0.29, 0.717) is 12.2 Å². The van der Waals surface area contributed by atoms with Crippen LogP contribution in [0.5, 0.6) is 5.75 Å². The van der Waals surface area contributed by atoms with Gasteiger partial charge in [0.15, 0.2) is 6.10 Å². The van der Waals surface area contributed by atoms with Gasteiger partial charge in [0.25, 0.3) is 5.91 Å². The Hall–Kier alpha value is -2.81. The predicted molar refractivity (Wildman–Crippen MR) is 98.5 cm³/mol. The van der Waals surface area contributed by atoms with Gasteiger partial charge in [0.05, 0.1) is 0 Å². The van der Waals surface area contributed by atoms with Crippen molar-refractivity contribution in [2.75, 3.05) is 5.32 Å². The summed E-state index contributed by atoms with van der Waals surface area (Å²) in [5.74, 6) is 0.580. The van der Waals surface area contributed by atoms with Crippen molar-refractivity contribution in [1.82, 2.24) is 0 Å². The van der Waals surface area contributed by atoms with Crippen LogP contribution in [0.4, 0.5) is 5.69 Å². The summed E-state index contributed by atoms with van der Waals surface area (Å²) in [6.45, 7) is 3.94. The highest BCUT2D eigenvalue weighted by Gasteiger charge is 2.18. The molecule has 0 radical (unpaired) electrons. The lowest BCUT2D eigenvalue weighted by atomic mass is 10.1. The molecule has 0 spiro atoms. The number of carbonyl (C=O) groups excluding carboxylic acids is 1. The molecule has 0 aliphatic rings. The minimum atomic E-state index is -0.522. The van der Waals surface area contributed by atoms with Gasteiger partial charge < -0.3 is 10.1 Å². The van der Waals surface area contributed by atoms with E-state index < -0.39 is 6.10 Å². The molecule has 0 fully saturated rings. The highest BCUT2D eigenvalue weighted by molar-refractivity contribution is 5.94. The lowest BCUT2D eigenvalue weighted by molar-refractivity contribution is -0.122. The van der Waals surface area contributed by atoms with Crippen molar-refractivity contribution in [3.63, 3.8) is 0 Å². The van der Waals surface area contributed by atoms with Crippen molar-refractivity contribution in [2.24, 2.45) is 0 Å². The van der Waals surface area contributed by atoms with Crippen LogP contribution in [0.2, 0.25) is 0 Å². The van der Waals surface area contributed by atoms with Crippen molar-refractivity contribution < 1.29 is 9.53 Å². The number of amides is 1. The van der Waals surface area contributed by atoms with E-state index in [-0.39, 0.29) is 5.91 Å². The van der Waals surface area contributed by atoms with Gasteiger partial charge in [0, 0.05) is 5.69 Å². The van der Waals surface area contributed by atoms with Gasteiger partial charge in [0.1, 0.15) is 5.75 Å². The summed E-state index contributed by atoms with van der Waals surface area (Å²) in [6.07, 6.45) is 0.0801. The van der Waals surface area contributed by atoms with Crippen molar-refractivity contribution in [3.8, 4) is 5.75 Å². The summed E-state index contributed by atoms with van der Waals surface area (Å²) in [6, 6.07) is 21.7. The molecule has 1 atom stereocenters. The molecule has 0 heterocycles. The number of anilines is 1. The summed E-state index contributed by atoms with van der Waals surface area (Å²) in [7, 11) is 0. The maximum Gasteiger partial charge on any atom is 0.265 e. The van der Waals surface area contributed by atoms with Gasteiger partial charge in [-0.1, -0.05) is 49.4 Å². The summed E-state index contributed by atoms with van der Waals surface area (Å²) >= 11 is 0. The second kappa shape index (κ2) is 7.18. The molecule has 3 rings (SSSR count). The van der Waals surface area contributed by atoms with Gasteiger partial charge >= 0.3 is 0 Å². The fourth-order valence-electron chi connectivity index (χ4n) is 2.67. The topological polar surface area (TPSA) is 38.3 Å². The number of hydrogen-bond acceptors (Lipinski definition) is 2. The third kappa shape index (κ3) is 3.74. The molecule has 0 aliphatic carbocycles. The van der Waals surface area contributed by atoms with Crippen LogP contribution in [0.1, 0.15) is 18.9 Å². The van der Waals surface area contributed by atoms with Crippen LogP contribution in [0, 0.1) is 6.92 Å². The van der Waals surface area contributed by atoms with E-state index in [9.17, 15) is 4.79 Å². The number of benzene rings is 3. The Morgan fingerprint density at radius 1 is 1.00 bits per heavy atom. The quantitative estimate of drug-likeness (QED) is 0.723. The van der Waals surface area contributed by atoms with Gasteiger partial charge in [-0.2, -0.15) is 0 Å². The summed E-state index contributed by atoms with van der Waals surface area (Å²) in [5, 5.41) is 5.18. The number of ether oxygens (including phenoxy) is 1. The smallest absolute Gasteiger partial charge is 0.265 e. The van der Waals surface area contributed by atoms with E-state index in [1.54, 1.807) is 0 Å². The molecule has 0 aliphatic heterocycles. The molecule has 24 heavy (non-hydrogen) atoms. The van der Waals surface area contributed by atoms with Gasteiger partial charge in [-0.3, -0.25) is 4.79 Å². The Kier molecular flexibility index (Phi) is 4.80. The van der Waals surface area contributed by atoms with Crippen molar-refractivity contribution in [3.05, 3.63) is 72.3 Å². The average Bonchev–Trinajstić information content (AvgIpc) is 2.59. The molecule has 3 aromatic rings. The van der Waals surface area contributed by atoms with E-state index in [4.69, 9.17) is 4.74 Å². The van der Waals surface area contributed by atoms with Crippen LogP contribution in [0.25, 0.3) is 10.8 Å². The minimum absolute atomic E-state index is 0.128. The van der Waals surface area contributed by atoms with Crippen molar-refractivity contribution in [2.45, 2.75) is 26.4 Å². The zero-order valence-corrected chi connectivity index (χ0v) is 14.0. The zero-order chi connectivity index (χ0) is 16.9. The maximum absolute atomic E-state index is 12.5. The van der Waals surface area contributed by atoms with Gasteiger partial charge in [-0.25, -0.2) is 0 Å². The fraction of sp³-hybridized carbons (Fsp3) is 0.190. The first-order valence-electron chi connectivity index (χ1n) is 8.18. The lowest BCUT2D eigenvalue weighted by Gasteiger charge is -2.18. The molecule has 3 nitrogen and oxygen atoms in total. The van der Waals surface area contributed by atoms with Gasteiger partial charge in [0.2, 0.25) is 0 Å². The van der Waals surface area contributed by atoms with Crippen LogP contribution in [0.15, 0.2) is 66.7 Å². The summed E-state index contributed by atoms with van der Waals surface area (Å²) < 4.78 is 5.92. The molecule has 3 aromatic carbocycles. The SMILES string of the molecule is CC[C@H](Oc1ccc2ccccc2c1)C(=O)Nc1cccc(C)c1. The van der Waals surface area contributed by atoms with E-state index in [0.717, 1.165) is 22.0 Å². The fourth-order valence-corrected chi connectivity index (χ4v) is 2.67. The number of fused-ring (bicyclic) bond motifs is 1. The molecular weight excluding hydrogens is 298 g/mol. The van der Waals surface area contributed by atoms with E-state index in [2.05, 4.69) is 11.4 Å². The zero-order valence-electron chi connectivity index (χ0n) is 14.0. The second-order valence-electron chi connectivity index (χ2n) is 5.88. The standard InChI is InChI=1S/C21H21NO2/c1-3-20(21(23)22-18-10-6-7-15(2)13-18)24-19-12-11-16-8-4-5-9-17(16)14-19/h4-14,20H,3H2,1-2H3,(H,22,23)/t20-/m0/s1. The maximum atomic E-state index is 12.5. The summed E-state index contributed by atoms with van der Waals surface area (Å²) in [5.41, 5.74) is 1.90. The number of carbonyl (C=O) groups is 1. The third-order valence-corrected chi connectivity index (χ3v) is 3.95. The highest BCUT2D eigenvalue weighted by Crippen LogP contribution is 2.22. The Morgan fingerprint density at radius 3 is 2.54 bits per heavy atom. The second-order valence-corrected chi connectivity index (χ2v) is 5.88. The van der Waals surface area contributed by atoms with E-state index in [1.807, 2.05) is 74.5 Å². The minimum Gasteiger partial charge on any atom is -0.481 e. The first-order valence-corrected chi connectivity index (χ1v) is 8.18. The number of aryl methyl sites for hydroxylation is 1. The molecule has 1 amide bonds. The predicted octanol–water partition coefficient (Wildman–Crippen LogP) is 4.94. The number of nitrogens with one attached hydrogen (secondary N) is 1. The number of rotatable bonds is 5.